The second-order valence-electron chi connectivity index (χ2n) is 4.48. The van der Waals surface area contributed by atoms with Gasteiger partial charge in [-0.15, -0.1) is 0 Å². The molecular formula is C12H18FN3. The number of piperazine rings is 1. The minimum atomic E-state index is -0.226. The highest BCUT2D eigenvalue weighted by atomic mass is 19.1. The number of nitrogens with two attached hydrogens (primary N) is 1. The number of hydrogen-bond acceptors (Lipinski definition) is 3. The maximum Gasteiger partial charge on any atom is 0.125 e. The molecule has 1 heterocycles. The van der Waals surface area contributed by atoms with Crippen LogP contribution in [0.25, 0.3) is 0 Å². The Hall–Kier alpha value is -1.29. The van der Waals surface area contributed by atoms with E-state index < -0.39 is 0 Å². The first-order valence-corrected chi connectivity index (χ1v) is 5.58. The van der Waals surface area contributed by atoms with Crippen molar-refractivity contribution in [3.05, 3.63) is 24.0 Å². The van der Waals surface area contributed by atoms with Crippen LogP contribution in [-0.4, -0.2) is 37.6 Å². The van der Waals surface area contributed by atoms with E-state index in [1.807, 2.05) is 0 Å². The van der Waals surface area contributed by atoms with E-state index in [9.17, 15) is 4.39 Å². The molecule has 4 heteroatoms. The second-order valence-corrected chi connectivity index (χ2v) is 4.48. The van der Waals surface area contributed by atoms with Crippen LogP contribution in [-0.2, 0) is 0 Å². The molecule has 0 bridgehead atoms. The molecule has 0 radical (unpaired) electrons. The second kappa shape index (κ2) is 4.29. The van der Waals surface area contributed by atoms with E-state index in [4.69, 9.17) is 5.73 Å². The summed E-state index contributed by atoms with van der Waals surface area (Å²) >= 11 is 0. The average molecular weight is 223 g/mol. The van der Waals surface area contributed by atoms with E-state index >= 15 is 0 Å². The fourth-order valence-electron chi connectivity index (χ4n) is 2.06. The quantitative estimate of drug-likeness (QED) is 0.733. The molecule has 2 N–H and O–H groups in total. The molecule has 0 saturated carbocycles. The Kier molecular flexibility index (Phi) is 3.01. The number of rotatable bonds is 1. The minimum Gasteiger partial charge on any atom is -0.397 e. The summed E-state index contributed by atoms with van der Waals surface area (Å²) in [6, 6.07) is 5.02. The van der Waals surface area contributed by atoms with Gasteiger partial charge in [0.15, 0.2) is 0 Å². The first-order chi connectivity index (χ1) is 7.58. The molecule has 2 rings (SSSR count). The summed E-state index contributed by atoms with van der Waals surface area (Å²) in [5, 5.41) is 0. The normalized spacial score (nSPS) is 22.4. The third kappa shape index (κ3) is 2.11. The molecule has 1 aliphatic heterocycles. The number of benzene rings is 1. The number of likely N-dealkylation sites (N-methyl/N-ethyl adjacent to an activating group) is 1. The highest BCUT2D eigenvalue weighted by molar-refractivity contribution is 5.67. The van der Waals surface area contributed by atoms with Gasteiger partial charge in [0.2, 0.25) is 0 Å². The fraction of sp³-hybridized carbons (Fsp3) is 0.500. The van der Waals surface area contributed by atoms with Gasteiger partial charge in [-0.05, 0) is 32.2 Å². The Bertz CT molecular complexity index is 381. The van der Waals surface area contributed by atoms with Gasteiger partial charge in [0.05, 0.1) is 11.4 Å². The zero-order valence-electron chi connectivity index (χ0n) is 9.78. The first kappa shape index (κ1) is 11.2. The van der Waals surface area contributed by atoms with Gasteiger partial charge in [-0.25, -0.2) is 4.39 Å². The number of halogens is 1. The summed E-state index contributed by atoms with van der Waals surface area (Å²) in [6.07, 6.45) is 0. The Morgan fingerprint density at radius 1 is 1.38 bits per heavy atom. The molecule has 1 aromatic carbocycles. The first-order valence-electron chi connectivity index (χ1n) is 5.58. The van der Waals surface area contributed by atoms with Gasteiger partial charge >= 0.3 is 0 Å². The number of hydrogen-bond donors (Lipinski definition) is 1. The van der Waals surface area contributed by atoms with E-state index in [2.05, 4.69) is 23.8 Å². The van der Waals surface area contributed by atoms with Crippen molar-refractivity contribution in [3.63, 3.8) is 0 Å². The van der Waals surface area contributed by atoms with Crippen LogP contribution in [0.5, 0.6) is 0 Å². The molecule has 1 atom stereocenters. The summed E-state index contributed by atoms with van der Waals surface area (Å²) in [6.45, 7) is 4.94. The van der Waals surface area contributed by atoms with Gasteiger partial charge in [-0.3, -0.25) is 0 Å². The molecule has 0 aliphatic carbocycles. The summed E-state index contributed by atoms with van der Waals surface area (Å²) in [5.74, 6) is -0.226. The van der Waals surface area contributed by atoms with Gasteiger partial charge in [-0.2, -0.15) is 0 Å². The van der Waals surface area contributed by atoms with Gasteiger partial charge < -0.3 is 15.5 Å². The maximum absolute atomic E-state index is 13.2. The lowest BCUT2D eigenvalue weighted by Crippen LogP contribution is -2.50. The average Bonchev–Trinajstić information content (AvgIpc) is 2.26. The van der Waals surface area contributed by atoms with Crippen molar-refractivity contribution in [2.75, 3.05) is 37.3 Å². The fourth-order valence-corrected chi connectivity index (χ4v) is 2.06. The van der Waals surface area contributed by atoms with Crippen LogP contribution in [0.15, 0.2) is 18.2 Å². The monoisotopic (exact) mass is 223 g/mol. The van der Waals surface area contributed by atoms with Crippen LogP contribution in [0.1, 0.15) is 6.92 Å². The van der Waals surface area contributed by atoms with E-state index in [-0.39, 0.29) is 5.82 Å². The van der Waals surface area contributed by atoms with Gasteiger partial charge in [-0.1, -0.05) is 0 Å². The highest BCUT2D eigenvalue weighted by Crippen LogP contribution is 2.26. The summed E-state index contributed by atoms with van der Waals surface area (Å²) < 4.78 is 13.2. The molecule has 88 valence electrons. The smallest absolute Gasteiger partial charge is 0.125 e. The lowest BCUT2D eigenvalue weighted by atomic mass is 10.1. The standard InChI is InChI=1S/C12H18FN3/c1-9-8-16(6-5-15(9)2)12-7-10(13)3-4-11(12)14/h3-4,7,9H,5-6,8,14H2,1-2H3. The van der Waals surface area contributed by atoms with E-state index in [1.165, 1.54) is 12.1 Å². The Morgan fingerprint density at radius 2 is 2.12 bits per heavy atom. The van der Waals surface area contributed by atoms with Gasteiger partial charge in [0.25, 0.3) is 0 Å². The van der Waals surface area contributed by atoms with Crippen molar-refractivity contribution in [2.24, 2.45) is 0 Å². The molecule has 1 aromatic rings. The topological polar surface area (TPSA) is 32.5 Å². The summed E-state index contributed by atoms with van der Waals surface area (Å²) in [7, 11) is 2.11. The van der Waals surface area contributed by atoms with Crippen LogP contribution >= 0.6 is 0 Å². The van der Waals surface area contributed by atoms with Crippen LogP contribution in [0.3, 0.4) is 0 Å². The maximum atomic E-state index is 13.2. The van der Waals surface area contributed by atoms with E-state index in [0.29, 0.717) is 11.7 Å². The molecule has 1 aliphatic rings. The van der Waals surface area contributed by atoms with Crippen molar-refractivity contribution in [1.29, 1.82) is 0 Å². The van der Waals surface area contributed by atoms with Crippen molar-refractivity contribution in [1.82, 2.24) is 4.90 Å². The molecule has 3 nitrogen and oxygen atoms in total. The molecule has 16 heavy (non-hydrogen) atoms. The van der Waals surface area contributed by atoms with Gasteiger partial charge in [0, 0.05) is 25.7 Å². The highest BCUT2D eigenvalue weighted by Gasteiger charge is 2.22. The lowest BCUT2D eigenvalue weighted by molar-refractivity contribution is 0.234. The SMILES string of the molecule is CC1CN(c2cc(F)ccc2N)CCN1C. The van der Waals surface area contributed by atoms with Crippen molar-refractivity contribution >= 4 is 11.4 Å². The largest absolute Gasteiger partial charge is 0.397 e. The number of nitrogen functional groups attached to an aromatic ring is 1. The molecular weight excluding hydrogens is 205 g/mol. The van der Waals surface area contributed by atoms with Crippen LogP contribution in [0, 0.1) is 5.82 Å². The third-order valence-electron chi connectivity index (χ3n) is 3.29. The third-order valence-corrected chi connectivity index (χ3v) is 3.29. The van der Waals surface area contributed by atoms with Crippen molar-refractivity contribution < 1.29 is 4.39 Å². The Balaban J connectivity index is 2.21. The van der Waals surface area contributed by atoms with Gasteiger partial charge in [0.1, 0.15) is 5.82 Å². The number of anilines is 2. The van der Waals surface area contributed by atoms with Crippen LogP contribution in [0.4, 0.5) is 15.8 Å². The lowest BCUT2D eigenvalue weighted by Gasteiger charge is -2.39. The molecule has 0 spiro atoms. The molecule has 0 amide bonds. The number of nitrogens with zero attached hydrogens (tertiary/aromatic N) is 2. The Labute approximate surface area is 95.6 Å². The molecule has 1 saturated heterocycles. The molecule has 1 fully saturated rings. The van der Waals surface area contributed by atoms with E-state index in [1.54, 1.807) is 6.07 Å². The zero-order valence-corrected chi connectivity index (χ0v) is 9.78. The Morgan fingerprint density at radius 3 is 2.81 bits per heavy atom. The predicted octanol–water partition coefficient (Wildman–Crippen LogP) is 1.55. The summed E-state index contributed by atoms with van der Waals surface area (Å²) in [4.78, 5) is 4.45. The van der Waals surface area contributed by atoms with Crippen molar-refractivity contribution in [2.45, 2.75) is 13.0 Å². The van der Waals surface area contributed by atoms with Crippen LogP contribution in [0.2, 0.25) is 0 Å². The zero-order chi connectivity index (χ0) is 11.7. The predicted molar refractivity (Wildman–Crippen MR) is 65.1 cm³/mol. The van der Waals surface area contributed by atoms with Crippen molar-refractivity contribution in [3.8, 4) is 0 Å². The molecule has 0 aromatic heterocycles. The minimum absolute atomic E-state index is 0.226. The summed E-state index contributed by atoms with van der Waals surface area (Å²) in [5.41, 5.74) is 7.35. The van der Waals surface area contributed by atoms with Crippen LogP contribution < -0.4 is 10.6 Å². The molecule has 1 unspecified atom stereocenters. The van der Waals surface area contributed by atoms with E-state index in [0.717, 1.165) is 25.3 Å².